The van der Waals surface area contributed by atoms with E-state index >= 15 is 0 Å². The summed E-state index contributed by atoms with van der Waals surface area (Å²) in [6.07, 6.45) is 3.51. The lowest BCUT2D eigenvalue weighted by Crippen LogP contribution is -2.17. The summed E-state index contributed by atoms with van der Waals surface area (Å²) in [7, 11) is -3.38. The zero-order valence-corrected chi connectivity index (χ0v) is 14.8. The molecule has 6 nitrogen and oxygen atoms in total. The van der Waals surface area contributed by atoms with Gasteiger partial charge >= 0.3 is 0 Å². The first-order valence-electron chi connectivity index (χ1n) is 8.15. The van der Waals surface area contributed by atoms with Crippen LogP contribution in [0.5, 0.6) is 0 Å². The maximum atomic E-state index is 12.4. The normalized spacial score (nSPS) is 14.4. The molecule has 0 aromatic heterocycles. The van der Waals surface area contributed by atoms with Gasteiger partial charge in [0.25, 0.3) is 5.91 Å². The van der Waals surface area contributed by atoms with E-state index in [-0.39, 0.29) is 5.91 Å². The van der Waals surface area contributed by atoms with Gasteiger partial charge in [-0.05, 0) is 55.3 Å². The molecule has 0 aliphatic carbocycles. The van der Waals surface area contributed by atoms with Crippen molar-refractivity contribution in [3.63, 3.8) is 0 Å². The molecule has 1 aliphatic rings. The topological polar surface area (TPSA) is 78.5 Å². The molecule has 2 aromatic rings. The molecule has 7 heteroatoms. The summed E-state index contributed by atoms with van der Waals surface area (Å²) in [6.45, 7) is 2.15. The zero-order valence-electron chi connectivity index (χ0n) is 14.0. The van der Waals surface area contributed by atoms with Gasteiger partial charge in [0.15, 0.2) is 0 Å². The smallest absolute Gasteiger partial charge is 0.255 e. The number of carbonyl (C=O) groups excluding carboxylic acids is 1. The molecule has 1 saturated heterocycles. The summed E-state index contributed by atoms with van der Waals surface area (Å²) in [5.74, 6) is -0.286. The fourth-order valence-electron chi connectivity index (χ4n) is 2.87. The van der Waals surface area contributed by atoms with Crippen LogP contribution in [0.2, 0.25) is 0 Å². The van der Waals surface area contributed by atoms with Crippen LogP contribution in [0, 0.1) is 0 Å². The Morgan fingerprint density at radius 1 is 1.00 bits per heavy atom. The van der Waals surface area contributed by atoms with E-state index in [0.717, 1.165) is 25.0 Å². The average Bonchev–Trinajstić information content (AvgIpc) is 3.08. The third kappa shape index (κ3) is 4.73. The van der Waals surface area contributed by atoms with Gasteiger partial charge in [-0.3, -0.25) is 9.52 Å². The Bertz CT molecular complexity index is 857. The highest BCUT2D eigenvalue weighted by Gasteiger charge is 2.13. The van der Waals surface area contributed by atoms with E-state index < -0.39 is 10.0 Å². The molecule has 0 atom stereocenters. The number of hydrogen-bond acceptors (Lipinski definition) is 4. The van der Waals surface area contributed by atoms with Gasteiger partial charge in [0.1, 0.15) is 0 Å². The Morgan fingerprint density at radius 2 is 1.68 bits per heavy atom. The van der Waals surface area contributed by atoms with Gasteiger partial charge in [-0.1, -0.05) is 6.07 Å². The van der Waals surface area contributed by atoms with E-state index in [4.69, 9.17) is 0 Å². The van der Waals surface area contributed by atoms with Crippen molar-refractivity contribution in [1.82, 2.24) is 0 Å². The minimum absolute atomic E-state index is 0.286. The van der Waals surface area contributed by atoms with Crippen LogP contribution in [0.15, 0.2) is 48.5 Å². The lowest BCUT2D eigenvalue weighted by atomic mass is 10.2. The zero-order chi connectivity index (χ0) is 17.9. The number of amides is 1. The van der Waals surface area contributed by atoms with Crippen LogP contribution in [-0.4, -0.2) is 33.7 Å². The van der Waals surface area contributed by atoms with Crippen molar-refractivity contribution in [3.8, 4) is 0 Å². The van der Waals surface area contributed by atoms with Gasteiger partial charge < -0.3 is 10.2 Å². The average molecular weight is 359 g/mol. The number of anilines is 3. The minimum atomic E-state index is -3.38. The fraction of sp³-hybridized carbons (Fsp3) is 0.278. The van der Waals surface area contributed by atoms with E-state index in [9.17, 15) is 13.2 Å². The van der Waals surface area contributed by atoms with E-state index in [1.807, 2.05) is 24.3 Å². The van der Waals surface area contributed by atoms with E-state index in [1.165, 1.54) is 18.9 Å². The first-order chi connectivity index (χ1) is 11.9. The summed E-state index contributed by atoms with van der Waals surface area (Å²) >= 11 is 0. The molecule has 2 aromatic carbocycles. The summed E-state index contributed by atoms with van der Waals surface area (Å²) in [5.41, 5.74) is 2.61. The molecule has 25 heavy (non-hydrogen) atoms. The van der Waals surface area contributed by atoms with Crippen LogP contribution in [0.25, 0.3) is 0 Å². The molecule has 1 fully saturated rings. The molecule has 132 valence electrons. The number of sulfonamides is 1. The summed E-state index contributed by atoms with van der Waals surface area (Å²) < 4.78 is 25.0. The van der Waals surface area contributed by atoms with Crippen molar-refractivity contribution in [1.29, 1.82) is 0 Å². The number of rotatable bonds is 5. The fourth-order valence-corrected chi connectivity index (χ4v) is 3.43. The second-order valence-corrected chi connectivity index (χ2v) is 7.90. The molecule has 3 rings (SSSR count). The van der Waals surface area contributed by atoms with Crippen LogP contribution >= 0.6 is 0 Å². The molecule has 0 unspecified atom stereocenters. The Hall–Kier alpha value is -2.54. The SMILES string of the molecule is CS(=O)(=O)Nc1cccc(C(=O)Nc2ccc(N3CCCC3)cc2)c1. The third-order valence-electron chi connectivity index (χ3n) is 4.02. The van der Waals surface area contributed by atoms with Gasteiger partial charge in [0.2, 0.25) is 10.0 Å². The molecule has 0 radical (unpaired) electrons. The van der Waals surface area contributed by atoms with Crippen LogP contribution in [0.1, 0.15) is 23.2 Å². The molecule has 0 bridgehead atoms. The Balaban J connectivity index is 1.68. The molecule has 1 aliphatic heterocycles. The van der Waals surface area contributed by atoms with Crippen molar-refractivity contribution in [3.05, 3.63) is 54.1 Å². The Morgan fingerprint density at radius 3 is 2.32 bits per heavy atom. The maximum absolute atomic E-state index is 12.4. The van der Waals surface area contributed by atoms with Gasteiger partial charge in [0.05, 0.1) is 6.26 Å². The monoisotopic (exact) mass is 359 g/mol. The van der Waals surface area contributed by atoms with E-state index in [0.29, 0.717) is 16.9 Å². The highest BCUT2D eigenvalue weighted by atomic mass is 32.2. The number of nitrogens with zero attached hydrogens (tertiary/aromatic N) is 1. The minimum Gasteiger partial charge on any atom is -0.372 e. The quantitative estimate of drug-likeness (QED) is 0.860. The predicted octanol–water partition coefficient (Wildman–Crippen LogP) is 2.91. The highest BCUT2D eigenvalue weighted by Crippen LogP contribution is 2.22. The van der Waals surface area contributed by atoms with Gasteiger partial charge in [-0.25, -0.2) is 8.42 Å². The molecule has 1 heterocycles. The second kappa shape index (κ2) is 7.14. The lowest BCUT2D eigenvalue weighted by molar-refractivity contribution is 0.102. The van der Waals surface area contributed by atoms with Crippen LogP contribution in [0.3, 0.4) is 0 Å². The van der Waals surface area contributed by atoms with Crippen LogP contribution in [0.4, 0.5) is 17.1 Å². The van der Waals surface area contributed by atoms with Crippen molar-refractivity contribution in [2.24, 2.45) is 0 Å². The molecular formula is C18H21N3O3S. The summed E-state index contributed by atoms with van der Waals surface area (Å²) in [4.78, 5) is 14.7. The van der Waals surface area contributed by atoms with Gasteiger partial charge in [-0.2, -0.15) is 0 Å². The molecular weight excluding hydrogens is 338 g/mol. The Kier molecular flexibility index (Phi) is 4.94. The number of benzene rings is 2. The molecule has 0 saturated carbocycles. The van der Waals surface area contributed by atoms with Crippen molar-refractivity contribution in [2.45, 2.75) is 12.8 Å². The van der Waals surface area contributed by atoms with E-state index in [1.54, 1.807) is 18.2 Å². The van der Waals surface area contributed by atoms with Crippen molar-refractivity contribution >= 4 is 33.0 Å². The van der Waals surface area contributed by atoms with E-state index in [2.05, 4.69) is 14.9 Å². The highest BCUT2D eigenvalue weighted by molar-refractivity contribution is 7.92. The largest absolute Gasteiger partial charge is 0.372 e. The first kappa shape index (κ1) is 17.3. The lowest BCUT2D eigenvalue weighted by Gasteiger charge is -2.17. The van der Waals surface area contributed by atoms with Crippen LogP contribution < -0.4 is 14.9 Å². The number of hydrogen-bond donors (Lipinski definition) is 2. The predicted molar refractivity (Wildman–Crippen MR) is 101 cm³/mol. The van der Waals surface area contributed by atoms with Crippen LogP contribution in [-0.2, 0) is 10.0 Å². The first-order valence-corrected chi connectivity index (χ1v) is 10.0. The number of carbonyl (C=O) groups is 1. The second-order valence-electron chi connectivity index (χ2n) is 6.15. The van der Waals surface area contributed by atoms with Gasteiger partial charge in [-0.15, -0.1) is 0 Å². The van der Waals surface area contributed by atoms with Crippen molar-refractivity contribution in [2.75, 3.05) is 34.3 Å². The summed E-state index contributed by atoms with van der Waals surface area (Å²) in [6, 6.07) is 14.2. The van der Waals surface area contributed by atoms with Crippen molar-refractivity contribution < 1.29 is 13.2 Å². The van der Waals surface area contributed by atoms with Gasteiger partial charge in [0, 0.05) is 35.7 Å². The third-order valence-corrected chi connectivity index (χ3v) is 4.63. The Labute approximate surface area is 147 Å². The maximum Gasteiger partial charge on any atom is 0.255 e. The molecule has 2 N–H and O–H groups in total. The molecule has 0 spiro atoms. The molecule has 1 amide bonds. The summed E-state index contributed by atoms with van der Waals surface area (Å²) in [5, 5.41) is 2.83. The number of nitrogens with one attached hydrogen (secondary N) is 2. The standard InChI is InChI=1S/C18H21N3O3S/c1-25(23,24)20-16-6-4-5-14(13-16)18(22)19-15-7-9-17(10-8-15)21-11-2-3-12-21/h4-10,13,20H,2-3,11-12H2,1H3,(H,19,22).